The number of hydrogen-bond acceptors (Lipinski definition) is 4. The van der Waals surface area contributed by atoms with E-state index in [1.807, 2.05) is 73.9 Å². The van der Waals surface area contributed by atoms with Crippen LogP contribution in [0.5, 0.6) is 0 Å². The molecule has 6 heteroatoms. The lowest BCUT2D eigenvalue weighted by atomic mass is 10.1. The lowest BCUT2D eigenvalue weighted by Gasteiger charge is -2.20. The van der Waals surface area contributed by atoms with Gasteiger partial charge in [0.1, 0.15) is 0 Å². The molecule has 27 heavy (non-hydrogen) atoms. The Labute approximate surface area is 164 Å². The van der Waals surface area contributed by atoms with Gasteiger partial charge in [0, 0.05) is 16.8 Å². The predicted octanol–water partition coefficient (Wildman–Crippen LogP) is 4.25. The van der Waals surface area contributed by atoms with Gasteiger partial charge in [-0.1, -0.05) is 54.2 Å². The van der Waals surface area contributed by atoms with Crippen LogP contribution in [0.2, 0.25) is 0 Å². The molecule has 0 aliphatic rings. The maximum Gasteiger partial charge on any atom is 0.230 e. The molecule has 140 valence electrons. The van der Waals surface area contributed by atoms with Crippen molar-refractivity contribution in [3.05, 3.63) is 60.2 Å². The molecule has 0 radical (unpaired) electrons. The van der Waals surface area contributed by atoms with Crippen LogP contribution in [0, 0.1) is 6.92 Å². The van der Waals surface area contributed by atoms with Crippen molar-refractivity contribution in [2.75, 3.05) is 5.75 Å². The third-order valence-corrected chi connectivity index (χ3v) is 4.81. The number of hydrogen-bond donors (Lipinski definition) is 1. The molecule has 0 bridgehead atoms. The van der Waals surface area contributed by atoms with E-state index in [2.05, 4.69) is 28.5 Å². The molecule has 3 aromatic rings. The number of nitrogens with zero attached hydrogens (tertiary/aromatic N) is 3. The zero-order valence-electron chi connectivity index (χ0n) is 16.1. The summed E-state index contributed by atoms with van der Waals surface area (Å²) >= 11 is 1.39. The van der Waals surface area contributed by atoms with Crippen molar-refractivity contribution in [1.29, 1.82) is 0 Å². The maximum absolute atomic E-state index is 12.2. The Kier molecular flexibility index (Phi) is 5.65. The number of benzene rings is 2. The summed E-state index contributed by atoms with van der Waals surface area (Å²) in [6.07, 6.45) is 0. The molecule has 1 amide bonds. The Hall–Kier alpha value is -2.60. The quantitative estimate of drug-likeness (QED) is 0.672. The van der Waals surface area contributed by atoms with E-state index < -0.39 is 0 Å². The zero-order chi connectivity index (χ0) is 19.4. The van der Waals surface area contributed by atoms with E-state index in [0.29, 0.717) is 5.16 Å². The lowest BCUT2D eigenvalue weighted by Crippen LogP contribution is -2.41. The van der Waals surface area contributed by atoms with Gasteiger partial charge < -0.3 is 5.32 Å². The van der Waals surface area contributed by atoms with Gasteiger partial charge in [0.2, 0.25) is 5.91 Å². The summed E-state index contributed by atoms with van der Waals surface area (Å²) in [4.78, 5) is 12.2. The minimum atomic E-state index is -0.253. The summed E-state index contributed by atoms with van der Waals surface area (Å²) in [5.74, 6) is 1.04. The molecule has 3 rings (SSSR count). The Morgan fingerprint density at radius 2 is 1.70 bits per heavy atom. The van der Waals surface area contributed by atoms with Gasteiger partial charge >= 0.3 is 0 Å². The summed E-state index contributed by atoms with van der Waals surface area (Å²) in [5.41, 5.74) is 2.88. The Balaban J connectivity index is 1.96. The second kappa shape index (κ2) is 7.96. The monoisotopic (exact) mass is 380 g/mol. The van der Waals surface area contributed by atoms with Gasteiger partial charge in [-0.2, -0.15) is 0 Å². The van der Waals surface area contributed by atoms with E-state index in [-0.39, 0.29) is 17.2 Å². The number of amides is 1. The number of rotatable bonds is 5. The molecule has 0 aliphatic carbocycles. The minimum absolute atomic E-state index is 0.0208. The first-order valence-electron chi connectivity index (χ1n) is 8.86. The highest BCUT2D eigenvalue weighted by Crippen LogP contribution is 2.29. The van der Waals surface area contributed by atoms with E-state index in [1.165, 1.54) is 11.8 Å². The van der Waals surface area contributed by atoms with Crippen molar-refractivity contribution in [1.82, 2.24) is 20.1 Å². The van der Waals surface area contributed by atoms with Crippen molar-refractivity contribution in [2.45, 2.75) is 38.4 Å². The zero-order valence-corrected chi connectivity index (χ0v) is 16.9. The first kappa shape index (κ1) is 19.2. The van der Waals surface area contributed by atoms with Gasteiger partial charge in [0.05, 0.1) is 5.75 Å². The molecule has 1 N–H and O–H groups in total. The molecular formula is C21H24N4OS. The average molecular weight is 381 g/mol. The van der Waals surface area contributed by atoms with Gasteiger partial charge in [-0.05, 0) is 45.4 Å². The standard InChI is InChI=1S/C21H24N4OS/c1-15-10-8-9-13-17(15)19-23-24-20(25(19)16-11-6-5-7-12-16)27-14-18(26)22-21(2,3)4/h5-13H,14H2,1-4H3,(H,22,26). The number of para-hydroxylation sites is 1. The van der Waals surface area contributed by atoms with Crippen molar-refractivity contribution in [2.24, 2.45) is 0 Å². The number of nitrogens with one attached hydrogen (secondary N) is 1. The fraction of sp³-hybridized carbons (Fsp3) is 0.286. The van der Waals surface area contributed by atoms with Crippen LogP contribution in [0.25, 0.3) is 17.1 Å². The van der Waals surface area contributed by atoms with E-state index in [1.54, 1.807) is 0 Å². The largest absolute Gasteiger partial charge is 0.351 e. The van der Waals surface area contributed by atoms with Crippen LogP contribution >= 0.6 is 11.8 Å². The highest BCUT2D eigenvalue weighted by Gasteiger charge is 2.19. The van der Waals surface area contributed by atoms with Gasteiger partial charge in [-0.15, -0.1) is 10.2 Å². The van der Waals surface area contributed by atoms with E-state index in [9.17, 15) is 4.79 Å². The van der Waals surface area contributed by atoms with Crippen molar-refractivity contribution >= 4 is 17.7 Å². The second-order valence-electron chi connectivity index (χ2n) is 7.38. The molecule has 0 atom stereocenters. The average Bonchev–Trinajstić information content (AvgIpc) is 3.03. The van der Waals surface area contributed by atoms with Crippen molar-refractivity contribution < 1.29 is 4.79 Å². The van der Waals surface area contributed by atoms with E-state index >= 15 is 0 Å². The van der Waals surface area contributed by atoms with Crippen molar-refractivity contribution in [3.8, 4) is 17.1 Å². The molecule has 2 aromatic carbocycles. The number of thioether (sulfide) groups is 1. The SMILES string of the molecule is Cc1ccccc1-c1nnc(SCC(=O)NC(C)(C)C)n1-c1ccccc1. The van der Waals surface area contributed by atoms with Gasteiger partial charge in [0.15, 0.2) is 11.0 Å². The lowest BCUT2D eigenvalue weighted by molar-refractivity contribution is -0.119. The molecule has 0 spiro atoms. The molecule has 0 unspecified atom stereocenters. The van der Waals surface area contributed by atoms with Crippen LogP contribution < -0.4 is 5.32 Å². The molecule has 1 aromatic heterocycles. The maximum atomic E-state index is 12.2. The summed E-state index contributed by atoms with van der Waals surface area (Å²) in [5, 5.41) is 12.5. The van der Waals surface area contributed by atoms with Crippen LogP contribution in [0.15, 0.2) is 59.8 Å². The van der Waals surface area contributed by atoms with E-state index in [4.69, 9.17) is 0 Å². The first-order valence-corrected chi connectivity index (χ1v) is 9.84. The summed E-state index contributed by atoms with van der Waals surface area (Å²) in [7, 11) is 0. The molecule has 0 fully saturated rings. The topological polar surface area (TPSA) is 59.8 Å². The fourth-order valence-electron chi connectivity index (χ4n) is 2.76. The van der Waals surface area contributed by atoms with Crippen LogP contribution in [0.1, 0.15) is 26.3 Å². The fourth-order valence-corrected chi connectivity index (χ4v) is 3.51. The number of carbonyl (C=O) groups is 1. The van der Waals surface area contributed by atoms with E-state index in [0.717, 1.165) is 22.6 Å². The van der Waals surface area contributed by atoms with Crippen LogP contribution in [0.3, 0.4) is 0 Å². The first-order chi connectivity index (χ1) is 12.8. The third-order valence-electron chi connectivity index (χ3n) is 3.88. The summed E-state index contributed by atoms with van der Waals surface area (Å²) in [6, 6.07) is 18.1. The Bertz CT molecular complexity index is 929. The van der Waals surface area contributed by atoms with Crippen molar-refractivity contribution in [3.63, 3.8) is 0 Å². The van der Waals surface area contributed by atoms with Crippen LogP contribution in [-0.2, 0) is 4.79 Å². The highest BCUT2D eigenvalue weighted by atomic mass is 32.2. The molecule has 0 aliphatic heterocycles. The highest BCUT2D eigenvalue weighted by molar-refractivity contribution is 7.99. The summed E-state index contributed by atoms with van der Waals surface area (Å²) in [6.45, 7) is 7.97. The number of carbonyl (C=O) groups excluding carboxylic acids is 1. The predicted molar refractivity (Wildman–Crippen MR) is 110 cm³/mol. The minimum Gasteiger partial charge on any atom is -0.351 e. The Morgan fingerprint density at radius 1 is 1.04 bits per heavy atom. The molecule has 1 heterocycles. The number of aryl methyl sites for hydroxylation is 1. The van der Waals surface area contributed by atoms with Gasteiger partial charge in [0.25, 0.3) is 0 Å². The second-order valence-corrected chi connectivity index (χ2v) is 8.32. The van der Waals surface area contributed by atoms with Crippen LogP contribution in [-0.4, -0.2) is 32.0 Å². The normalized spacial score (nSPS) is 11.4. The summed E-state index contributed by atoms with van der Waals surface area (Å²) < 4.78 is 2.01. The molecule has 5 nitrogen and oxygen atoms in total. The molecule has 0 saturated carbocycles. The number of aromatic nitrogens is 3. The third kappa shape index (κ3) is 4.77. The smallest absolute Gasteiger partial charge is 0.230 e. The Morgan fingerprint density at radius 3 is 2.37 bits per heavy atom. The van der Waals surface area contributed by atoms with Gasteiger partial charge in [-0.3, -0.25) is 9.36 Å². The van der Waals surface area contributed by atoms with Crippen LogP contribution in [0.4, 0.5) is 0 Å². The van der Waals surface area contributed by atoms with Gasteiger partial charge in [-0.25, -0.2) is 0 Å². The molecule has 0 saturated heterocycles. The molecular weight excluding hydrogens is 356 g/mol.